The Hall–Kier alpha value is -0.590. The highest BCUT2D eigenvalue weighted by molar-refractivity contribution is 5.86. The van der Waals surface area contributed by atoms with Gasteiger partial charge in [0.05, 0.1) is 0 Å². The topological polar surface area (TPSA) is 17.1 Å². The van der Waals surface area contributed by atoms with Crippen molar-refractivity contribution < 1.29 is 4.79 Å². The molecule has 1 atom stereocenters. The van der Waals surface area contributed by atoms with Crippen LogP contribution in [0.1, 0.15) is 46.0 Å². The lowest BCUT2D eigenvalue weighted by Gasteiger charge is -2.45. The normalized spacial score (nSPS) is 32.3. The van der Waals surface area contributed by atoms with Gasteiger partial charge in [0.15, 0.2) is 0 Å². The van der Waals surface area contributed by atoms with Crippen molar-refractivity contribution in [3.8, 4) is 0 Å². The molecule has 2 rings (SSSR count). The highest BCUT2D eigenvalue weighted by Gasteiger charge is 2.44. The van der Waals surface area contributed by atoms with E-state index in [1.54, 1.807) is 0 Å². The van der Waals surface area contributed by atoms with Crippen LogP contribution in [0.25, 0.3) is 0 Å². The number of hydrogen-bond donors (Lipinski definition) is 0. The number of ketones is 1. The number of allylic oxidation sites excluding steroid dienone is 2. The van der Waals surface area contributed by atoms with Crippen LogP contribution in [0.2, 0.25) is 0 Å². The fourth-order valence-electron chi connectivity index (χ4n) is 2.74. The number of rotatable bonds is 1. The molecule has 1 heteroatoms. The average molecular weight is 178 g/mol. The molecule has 0 saturated heterocycles. The highest BCUT2D eigenvalue weighted by Crippen LogP contribution is 2.49. The summed E-state index contributed by atoms with van der Waals surface area (Å²) in [5.74, 6) is 1.24. The van der Waals surface area contributed by atoms with E-state index >= 15 is 0 Å². The summed E-state index contributed by atoms with van der Waals surface area (Å²) in [7, 11) is 0. The molecule has 1 saturated carbocycles. The molecule has 72 valence electrons. The molecule has 0 aromatic heterocycles. The Balaban J connectivity index is 1.99. The minimum atomic E-state index is 0.355. The van der Waals surface area contributed by atoms with E-state index in [2.05, 4.69) is 19.9 Å². The summed E-state index contributed by atoms with van der Waals surface area (Å²) < 4.78 is 0. The van der Waals surface area contributed by atoms with E-state index in [4.69, 9.17) is 0 Å². The average Bonchev–Trinajstić information content (AvgIpc) is 2.03. The van der Waals surface area contributed by atoms with Gasteiger partial charge in [0.25, 0.3) is 0 Å². The molecule has 0 heterocycles. The van der Waals surface area contributed by atoms with Crippen molar-refractivity contribution in [2.75, 3.05) is 0 Å². The summed E-state index contributed by atoms with van der Waals surface area (Å²) >= 11 is 0. The molecule has 1 fully saturated rings. The Kier molecular flexibility index (Phi) is 2.05. The Bertz CT molecular complexity index is 254. The molecule has 2 aliphatic rings. The van der Waals surface area contributed by atoms with Crippen molar-refractivity contribution in [2.24, 2.45) is 11.3 Å². The first-order valence-corrected chi connectivity index (χ1v) is 5.27. The van der Waals surface area contributed by atoms with Gasteiger partial charge in [0.1, 0.15) is 5.78 Å². The van der Waals surface area contributed by atoms with Gasteiger partial charge in [-0.25, -0.2) is 0 Å². The molecule has 0 aromatic rings. The van der Waals surface area contributed by atoms with Gasteiger partial charge in [-0.15, -0.1) is 0 Å². The zero-order valence-corrected chi connectivity index (χ0v) is 8.60. The van der Waals surface area contributed by atoms with Gasteiger partial charge in [-0.2, -0.15) is 0 Å². The molecule has 1 unspecified atom stereocenters. The Morgan fingerprint density at radius 2 is 2.15 bits per heavy atom. The van der Waals surface area contributed by atoms with Crippen LogP contribution in [-0.4, -0.2) is 5.78 Å². The van der Waals surface area contributed by atoms with Crippen LogP contribution in [0.4, 0.5) is 0 Å². The van der Waals surface area contributed by atoms with Gasteiger partial charge >= 0.3 is 0 Å². The minimum absolute atomic E-state index is 0.355. The van der Waals surface area contributed by atoms with Crippen LogP contribution in [-0.2, 0) is 4.79 Å². The summed E-state index contributed by atoms with van der Waals surface area (Å²) in [6.45, 7) is 4.50. The third kappa shape index (κ3) is 1.56. The molecule has 0 amide bonds. The predicted molar refractivity (Wildman–Crippen MR) is 53.4 cm³/mol. The molecule has 0 N–H and O–H groups in total. The van der Waals surface area contributed by atoms with Crippen molar-refractivity contribution in [3.63, 3.8) is 0 Å². The Morgan fingerprint density at radius 3 is 2.62 bits per heavy atom. The lowest BCUT2D eigenvalue weighted by molar-refractivity contribution is -0.135. The SMILES string of the molecule is CC1=CCC(C2(C)CC(=O)C2)CC1. The third-order valence-corrected chi connectivity index (χ3v) is 3.83. The van der Waals surface area contributed by atoms with Gasteiger partial charge in [0.2, 0.25) is 0 Å². The zero-order chi connectivity index (χ0) is 9.47. The van der Waals surface area contributed by atoms with Gasteiger partial charge < -0.3 is 0 Å². The summed E-state index contributed by atoms with van der Waals surface area (Å²) in [5, 5.41) is 0. The number of Topliss-reactive ketones (excluding diaryl/α,β-unsaturated/α-hetero) is 1. The largest absolute Gasteiger partial charge is 0.300 e. The fraction of sp³-hybridized carbons (Fsp3) is 0.750. The molecule has 0 radical (unpaired) electrons. The van der Waals surface area contributed by atoms with Crippen LogP contribution >= 0.6 is 0 Å². The van der Waals surface area contributed by atoms with Crippen LogP contribution in [0.5, 0.6) is 0 Å². The van der Waals surface area contributed by atoms with Gasteiger partial charge in [-0.05, 0) is 37.5 Å². The van der Waals surface area contributed by atoms with Crippen LogP contribution < -0.4 is 0 Å². The van der Waals surface area contributed by atoms with E-state index in [1.165, 1.54) is 24.8 Å². The first-order valence-electron chi connectivity index (χ1n) is 5.27. The molecule has 0 aliphatic heterocycles. The second kappa shape index (κ2) is 2.97. The quantitative estimate of drug-likeness (QED) is 0.564. The minimum Gasteiger partial charge on any atom is -0.300 e. The van der Waals surface area contributed by atoms with Crippen LogP contribution in [0, 0.1) is 11.3 Å². The molecule has 0 bridgehead atoms. The van der Waals surface area contributed by atoms with Crippen molar-refractivity contribution >= 4 is 5.78 Å². The maximum atomic E-state index is 11.0. The van der Waals surface area contributed by atoms with Gasteiger partial charge in [-0.1, -0.05) is 18.6 Å². The maximum absolute atomic E-state index is 11.0. The van der Waals surface area contributed by atoms with Crippen LogP contribution in [0.15, 0.2) is 11.6 Å². The standard InChI is InChI=1S/C12H18O/c1-9-3-5-10(6-4-9)12(2)7-11(13)8-12/h3,10H,4-8H2,1-2H3. The second-order valence-corrected chi connectivity index (χ2v) is 5.07. The summed E-state index contributed by atoms with van der Waals surface area (Å²) in [6.07, 6.45) is 7.79. The van der Waals surface area contributed by atoms with Crippen molar-refractivity contribution in [2.45, 2.75) is 46.0 Å². The molecule has 1 nitrogen and oxygen atoms in total. The molecule has 0 aromatic carbocycles. The first kappa shape index (κ1) is 8.98. The van der Waals surface area contributed by atoms with Gasteiger partial charge in [-0.3, -0.25) is 4.79 Å². The van der Waals surface area contributed by atoms with Crippen molar-refractivity contribution in [1.29, 1.82) is 0 Å². The Morgan fingerprint density at radius 1 is 1.46 bits per heavy atom. The molecule has 2 aliphatic carbocycles. The summed E-state index contributed by atoms with van der Waals surface area (Å²) in [4.78, 5) is 11.0. The number of carbonyl (C=O) groups excluding carboxylic acids is 1. The van der Waals surface area contributed by atoms with E-state index in [9.17, 15) is 4.79 Å². The van der Waals surface area contributed by atoms with Crippen LogP contribution in [0.3, 0.4) is 0 Å². The van der Waals surface area contributed by atoms with E-state index in [0.717, 1.165) is 18.8 Å². The first-order chi connectivity index (χ1) is 6.10. The smallest absolute Gasteiger partial charge is 0.134 e. The molecule has 0 spiro atoms. The fourth-order valence-corrected chi connectivity index (χ4v) is 2.74. The summed E-state index contributed by atoms with van der Waals surface area (Å²) in [6, 6.07) is 0. The Labute approximate surface area is 80.2 Å². The maximum Gasteiger partial charge on any atom is 0.134 e. The summed E-state index contributed by atoms with van der Waals surface area (Å²) in [5.41, 5.74) is 1.89. The van der Waals surface area contributed by atoms with E-state index < -0.39 is 0 Å². The number of carbonyl (C=O) groups is 1. The van der Waals surface area contributed by atoms with Gasteiger partial charge in [0, 0.05) is 12.8 Å². The zero-order valence-electron chi connectivity index (χ0n) is 8.60. The monoisotopic (exact) mass is 178 g/mol. The predicted octanol–water partition coefficient (Wildman–Crippen LogP) is 3.10. The molecular weight excluding hydrogens is 160 g/mol. The lowest BCUT2D eigenvalue weighted by atomic mass is 9.59. The lowest BCUT2D eigenvalue weighted by Crippen LogP contribution is -2.41. The number of hydrogen-bond acceptors (Lipinski definition) is 1. The van der Waals surface area contributed by atoms with E-state index in [0.29, 0.717) is 11.2 Å². The van der Waals surface area contributed by atoms with Crippen molar-refractivity contribution in [3.05, 3.63) is 11.6 Å². The highest BCUT2D eigenvalue weighted by atomic mass is 16.1. The second-order valence-electron chi connectivity index (χ2n) is 5.07. The molecule has 13 heavy (non-hydrogen) atoms. The van der Waals surface area contributed by atoms with E-state index in [-0.39, 0.29) is 0 Å². The van der Waals surface area contributed by atoms with E-state index in [1.807, 2.05) is 0 Å². The third-order valence-electron chi connectivity index (χ3n) is 3.83. The molecular formula is C12H18O. The van der Waals surface area contributed by atoms with Crippen molar-refractivity contribution in [1.82, 2.24) is 0 Å².